The summed E-state index contributed by atoms with van der Waals surface area (Å²) in [5, 5.41) is 16.1. The molecule has 4 aromatic rings. The second-order valence-electron chi connectivity index (χ2n) is 5.94. The molecule has 0 aliphatic carbocycles. The van der Waals surface area contributed by atoms with E-state index in [9.17, 15) is 9.90 Å². The van der Waals surface area contributed by atoms with Crippen LogP contribution >= 0.6 is 0 Å². The molecule has 0 fully saturated rings. The van der Waals surface area contributed by atoms with Gasteiger partial charge in [0.1, 0.15) is 0 Å². The number of rotatable bonds is 2. The van der Waals surface area contributed by atoms with Crippen LogP contribution in [0, 0.1) is 0 Å². The van der Waals surface area contributed by atoms with Gasteiger partial charge in [0.25, 0.3) is 0 Å². The van der Waals surface area contributed by atoms with Gasteiger partial charge >= 0.3 is 0 Å². The molecule has 1 amide bonds. The molecule has 0 spiro atoms. The van der Waals surface area contributed by atoms with Gasteiger partial charge in [0.15, 0.2) is 0 Å². The molecule has 2 N–H and O–H groups in total. The van der Waals surface area contributed by atoms with Gasteiger partial charge in [-0.1, -0.05) is 12.1 Å². The van der Waals surface area contributed by atoms with Crippen LogP contribution in [0.25, 0.3) is 27.4 Å². The molecule has 2 heterocycles. The number of nitrogens with one attached hydrogen (secondary N) is 1. The van der Waals surface area contributed by atoms with Crippen molar-refractivity contribution in [1.29, 1.82) is 0 Å². The molecule has 0 aliphatic heterocycles. The third-order valence-corrected chi connectivity index (χ3v) is 4.27. The average molecular weight is 319 g/mol. The minimum absolute atomic E-state index is 0.115. The standard InChI is InChI=1S/C19H17N3O2/c1-12(23)20-16-5-3-4-14-11-22(19(24)18(14)16)15-6-7-17-13(10-15)8-9-21(17)2/h3-11,24H,1-2H3,(H,20,23). The molecule has 5 nitrogen and oxygen atoms in total. The largest absolute Gasteiger partial charge is 0.494 e. The van der Waals surface area contributed by atoms with Crippen molar-refractivity contribution in [2.24, 2.45) is 7.05 Å². The topological polar surface area (TPSA) is 59.2 Å². The maximum absolute atomic E-state index is 11.4. The molecule has 4 rings (SSSR count). The maximum atomic E-state index is 11.4. The van der Waals surface area contributed by atoms with Crippen LogP contribution in [0.4, 0.5) is 5.69 Å². The van der Waals surface area contributed by atoms with Crippen LogP contribution in [0.5, 0.6) is 5.88 Å². The van der Waals surface area contributed by atoms with Gasteiger partial charge < -0.3 is 15.0 Å². The number of aromatic hydroxyl groups is 1. The van der Waals surface area contributed by atoms with Gasteiger partial charge in [0.05, 0.1) is 11.1 Å². The molecule has 0 saturated heterocycles. The first-order valence-electron chi connectivity index (χ1n) is 7.70. The summed E-state index contributed by atoms with van der Waals surface area (Å²) in [6.07, 6.45) is 3.88. The van der Waals surface area contributed by atoms with Gasteiger partial charge in [-0.3, -0.25) is 9.36 Å². The number of aryl methyl sites for hydroxylation is 1. The first-order valence-corrected chi connectivity index (χ1v) is 7.70. The third-order valence-electron chi connectivity index (χ3n) is 4.27. The van der Waals surface area contributed by atoms with E-state index in [2.05, 4.69) is 9.88 Å². The summed E-state index contributed by atoms with van der Waals surface area (Å²) in [6.45, 7) is 1.45. The van der Waals surface area contributed by atoms with Crippen molar-refractivity contribution in [3.05, 3.63) is 54.9 Å². The van der Waals surface area contributed by atoms with E-state index in [0.29, 0.717) is 11.1 Å². The molecule has 2 aromatic heterocycles. The molecule has 2 aromatic carbocycles. The molecule has 24 heavy (non-hydrogen) atoms. The second kappa shape index (κ2) is 5.16. The summed E-state index contributed by atoms with van der Waals surface area (Å²) < 4.78 is 3.79. The highest BCUT2D eigenvalue weighted by molar-refractivity contribution is 6.04. The first-order chi connectivity index (χ1) is 11.5. The molecule has 0 atom stereocenters. The zero-order valence-corrected chi connectivity index (χ0v) is 13.4. The van der Waals surface area contributed by atoms with Crippen LogP contribution in [0.1, 0.15) is 6.92 Å². The number of hydrogen-bond acceptors (Lipinski definition) is 2. The van der Waals surface area contributed by atoms with E-state index in [1.165, 1.54) is 6.92 Å². The zero-order chi connectivity index (χ0) is 16.8. The van der Waals surface area contributed by atoms with E-state index in [1.807, 2.05) is 55.8 Å². The Balaban J connectivity index is 1.92. The van der Waals surface area contributed by atoms with Crippen LogP contribution in [-0.2, 0) is 11.8 Å². The van der Waals surface area contributed by atoms with Gasteiger partial charge in [-0.15, -0.1) is 0 Å². The normalized spacial score (nSPS) is 11.2. The number of anilines is 1. The fraction of sp³-hybridized carbons (Fsp3) is 0.105. The molecule has 5 heteroatoms. The first kappa shape index (κ1) is 14.4. The Bertz CT molecular complexity index is 1090. The number of aromatic nitrogens is 2. The Kier molecular flexibility index (Phi) is 3.09. The van der Waals surface area contributed by atoms with Crippen molar-refractivity contribution < 1.29 is 9.90 Å². The quantitative estimate of drug-likeness (QED) is 0.590. The average Bonchev–Trinajstić information content (AvgIpc) is 3.08. The lowest BCUT2D eigenvalue weighted by Gasteiger charge is -2.07. The molecule has 120 valence electrons. The van der Waals surface area contributed by atoms with E-state index in [-0.39, 0.29) is 11.8 Å². The van der Waals surface area contributed by atoms with E-state index in [0.717, 1.165) is 22.0 Å². The van der Waals surface area contributed by atoms with Crippen LogP contribution in [-0.4, -0.2) is 20.1 Å². The van der Waals surface area contributed by atoms with Crippen molar-refractivity contribution in [2.75, 3.05) is 5.32 Å². The smallest absolute Gasteiger partial charge is 0.221 e. The lowest BCUT2D eigenvalue weighted by atomic mass is 10.2. The van der Waals surface area contributed by atoms with Crippen molar-refractivity contribution in [2.45, 2.75) is 6.92 Å². The maximum Gasteiger partial charge on any atom is 0.221 e. The Morgan fingerprint density at radius 3 is 2.75 bits per heavy atom. The summed E-state index contributed by atoms with van der Waals surface area (Å²) >= 11 is 0. The number of amides is 1. The lowest BCUT2D eigenvalue weighted by molar-refractivity contribution is -0.114. The minimum atomic E-state index is -0.166. The van der Waals surface area contributed by atoms with Crippen molar-refractivity contribution in [3.8, 4) is 11.6 Å². The summed E-state index contributed by atoms with van der Waals surface area (Å²) in [5.74, 6) is -0.0509. The van der Waals surface area contributed by atoms with Gasteiger partial charge in [0, 0.05) is 48.3 Å². The zero-order valence-electron chi connectivity index (χ0n) is 13.4. The summed E-state index contributed by atoms with van der Waals surface area (Å²) in [4.78, 5) is 11.4. The van der Waals surface area contributed by atoms with Gasteiger partial charge in [-0.2, -0.15) is 0 Å². The molecular formula is C19H17N3O2. The van der Waals surface area contributed by atoms with Gasteiger partial charge in [-0.25, -0.2) is 0 Å². The molecule has 0 unspecified atom stereocenters. The monoisotopic (exact) mass is 319 g/mol. The Hall–Kier alpha value is -3.21. The number of nitrogens with zero attached hydrogens (tertiary/aromatic N) is 2. The van der Waals surface area contributed by atoms with Crippen molar-refractivity contribution in [3.63, 3.8) is 0 Å². The van der Waals surface area contributed by atoms with Crippen molar-refractivity contribution >= 4 is 33.3 Å². The number of benzene rings is 2. The van der Waals surface area contributed by atoms with E-state index in [4.69, 9.17) is 0 Å². The fourth-order valence-electron chi connectivity index (χ4n) is 3.16. The van der Waals surface area contributed by atoms with Gasteiger partial charge in [-0.05, 0) is 30.3 Å². The summed E-state index contributed by atoms with van der Waals surface area (Å²) in [5.41, 5.74) is 2.61. The number of carbonyl (C=O) groups is 1. The molecular weight excluding hydrogens is 302 g/mol. The highest BCUT2D eigenvalue weighted by atomic mass is 16.3. The highest BCUT2D eigenvalue weighted by Crippen LogP contribution is 2.36. The number of hydrogen-bond donors (Lipinski definition) is 2. The van der Waals surface area contributed by atoms with Crippen LogP contribution in [0.2, 0.25) is 0 Å². The van der Waals surface area contributed by atoms with Gasteiger partial charge in [0.2, 0.25) is 11.8 Å². The Morgan fingerprint density at radius 1 is 1.12 bits per heavy atom. The Labute approximate surface area is 138 Å². The number of fused-ring (bicyclic) bond motifs is 2. The fourth-order valence-corrected chi connectivity index (χ4v) is 3.16. The molecule has 0 saturated carbocycles. The van der Waals surface area contributed by atoms with Crippen LogP contribution in [0.15, 0.2) is 54.9 Å². The summed E-state index contributed by atoms with van der Waals surface area (Å²) in [7, 11) is 2.00. The summed E-state index contributed by atoms with van der Waals surface area (Å²) in [6, 6.07) is 13.6. The van der Waals surface area contributed by atoms with E-state index in [1.54, 1.807) is 10.6 Å². The predicted octanol–water partition coefficient (Wildman–Crippen LogP) is 3.79. The minimum Gasteiger partial charge on any atom is -0.494 e. The molecule has 0 radical (unpaired) electrons. The van der Waals surface area contributed by atoms with Crippen LogP contribution in [0.3, 0.4) is 0 Å². The third kappa shape index (κ3) is 2.13. The predicted molar refractivity (Wildman–Crippen MR) is 95.7 cm³/mol. The lowest BCUT2D eigenvalue weighted by Crippen LogP contribution is -2.05. The van der Waals surface area contributed by atoms with E-state index < -0.39 is 0 Å². The second-order valence-corrected chi connectivity index (χ2v) is 5.94. The Morgan fingerprint density at radius 2 is 1.96 bits per heavy atom. The van der Waals surface area contributed by atoms with E-state index >= 15 is 0 Å². The van der Waals surface area contributed by atoms with Crippen LogP contribution < -0.4 is 5.32 Å². The molecule has 0 bridgehead atoms. The SMILES string of the molecule is CC(=O)Nc1cccc2cn(-c3ccc4c(ccn4C)c3)c(O)c12. The number of carbonyl (C=O) groups excluding carboxylic acids is 1. The highest BCUT2D eigenvalue weighted by Gasteiger charge is 2.14. The molecule has 0 aliphatic rings. The van der Waals surface area contributed by atoms with Crippen molar-refractivity contribution in [1.82, 2.24) is 9.13 Å².